The maximum Gasteiger partial charge on any atom is 0.222 e. The first-order valence-electron chi connectivity index (χ1n) is 6.29. The predicted octanol–water partition coefficient (Wildman–Crippen LogP) is 0.0322. The highest BCUT2D eigenvalue weighted by Gasteiger charge is 2.15. The van der Waals surface area contributed by atoms with E-state index in [-0.39, 0.29) is 12.5 Å². The number of rotatable bonds is 6. The summed E-state index contributed by atoms with van der Waals surface area (Å²) in [4.78, 5) is 11.4. The van der Waals surface area contributed by atoms with Gasteiger partial charge in [0.25, 0.3) is 0 Å². The fraction of sp³-hybridized carbons (Fsp3) is 0.917. The van der Waals surface area contributed by atoms with Gasteiger partial charge in [-0.3, -0.25) is 4.79 Å². The maximum atomic E-state index is 11.4. The molecule has 100 valence electrons. The highest BCUT2D eigenvalue weighted by Crippen LogP contribution is 2.07. The van der Waals surface area contributed by atoms with Gasteiger partial charge in [0.1, 0.15) is 0 Å². The molecule has 3 N–H and O–H groups in total. The molecule has 0 aromatic heterocycles. The molecule has 1 heterocycles. The van der Waals surface area contributed by atoms with E-state index in [0.717, 1.165) is 25.9 Å². The number of piperidine rings is 1. The van der Waals surface area contributed by atoms with Gasteiger partial charge >= 0.3 is 0 Å². The standard InChI is InChI=1S/C12H24N2O3/c1-12(2,16)9-14-11(15)5-8-17-10-3-6-13-7-4-10/h10,13,16H,3-9H2,1-2H3,(H,14,15). The number of aliphatic hydroxyl groups is 1. The van der Waals surface area contributed by atoms with Crippen LogP contribution in [0, 0.1) is 0 Å². The van der Waals surface area contributed by atoms with E-state index in [1.807, 2.05) is 0 Å². The molecule has 1 saturated heterocycles. The number of carbonyl (C=O) groups is 1. The zero-order valence-electron chi connectivity index (χ0n) is 10.8. The van der Waals surface area contributed by atoms with Crippen LogP contribution in [0.1, 0.15) is 33.1 Å². The van der Waals surface area contributed by atoms with E-state index >= 15 is 0 Å². The monoisotopic (exact) mass is 244 g/mol. The van der Waals surface area contributed by atoms with Crippen LogP contribution in [0.25, 0.3) is 0 Å². The van der Waals surface area contributed by atoms with E-state index in [0.29, 0.717) is 19.1 Å². The van der Waals surface area contributed by atoms with Gasteiger partial charge in [-0.2, -0.15) is 0 Å². The van der Waals surface area contributed by atoms with Crippen LogP contribution in [0.5, 0.6) is 0 Å². The third kappa shape index (κ3) is 7.31. The molecule has 1 rings (SSSR count). The van der Waals surface area contributed by atoms with Gasteiger partial charge in [0, 0.05) is 13.0 Å². The Kier molecular flexibility index (Phi) is 5.88. The van der Waals surface area contributed by atoms with Crippen molar-refractivity contribution < 1.29 is 14.6 Å². The zero-order valence-corrected chi connectivity index (χ0v) is 10.8. The van der Waals surface area contributed by atoms with Crippen LogP contribution in [0.15, 0.2) is 0 Å². The van der Waals surface area contributed by atoms with E-state index in [2.05, 4.69) is 10.6 Å². The Hall–Kier alpha value is -0.650. The van der Waals surface area contributed by atoms with E-state index in [1.54, 1.807) is 13.8 Å². The van der Waals surface area contributed by atoms with Gasteiger partial charge in [0.15, 0.2) is 0 Å². The Bertz CT molecular complexity index is 232. The second-order valence-electron chi connectivity index (χ2n) is 5.16. The molecule has 0 bridgehead atoms. The van der Waals surface area contributed by atoms with E-state index in [4.69, 9.17) is 4.74 Å². The van der Waals surface area contributed by atoms with Crippen LogP contribution in [0.3, 0.4) is 0 Å². The van der Waals surface area contributed by atoms with Crippen molar-refractivity contribution in [2.45, 2.75) is 44.8 Å². The molecular formula is C12H24N2O3. The summed E-state index contributed by atoms with van der Waals surface area (Å²) in [5.74, 6) is -0.0685. The summed E-state index contributed by atoms with van der Waals surface area (Å²) in [7, 11) is 0. The lowest BCUT2D eigenvalue weighted by atomic mass is 10.1. The Labute approximate surface area is 103 Å². The van der Waals surface area contributed by atoms with E-state index < -0.39 is 5.60 Å². The quantitative estimate of drug-likeness (QED) is 0.616. The predicted molar refractivity (Wildman–Crippen MR) is 65.8 cm³/mol. The van der Waals surface area contributed by atoms with Crippen molar-refractivity contribution in [2.75, 3.05) is 26.2 Å². The van der Waals surface area contributed by atoms with Crippen molar-refractivity contribution in [3.63, 3.8) is 0 Å². The lowest BCUT2D eigenvalue weighted by molar-refractivity contribution is -0.123. The molecule has 0 unspecified atom stereocenters. The SMILES string of the molecule is CC(C)(O)CNC(=O)CCOC1CCNCC1. The van der Waals surface area contributed by atoms with Crippen molar-refractivity contribution in [2.24, 2.45) is 0 Å². The summed E-state index contributed by atoms with van der Waals surface area (Å²) in [5, 5.41) is 15.4. The maximum absolute atomic E-state index is 11.4. The largest absolute Gasteiger partial charge is 0.389 e. The van der Waals surface area contributed by atoms with Crippen molar-refractivity contribution in [3.05, 3.63) is 0 Å². The molecule has 0 atom stereocenters. The van der Waals surface area contributed by atoms with Gasteiger partial charge in [0.2, 0.25) is 5.91 Å². The number of ether oxygens (including phenoxy) is 1. The molecule has 0 aromatic rings. The summed E-state index contributed by atoms with van der Waals surface area (Å²) < 4.78 is 5.62. The lowest BCUT2D eigenvalue weighted by Crippen LogP contribution is -2.38. The van der Waals surface area contributed by atoms with Gasteiger partial charge in [-0.1, -0.05) is 0 Å². The highest BCUT2D eigenvalue weighted by molar-refractivity contribution is 5.76. The van der Waals surface area contributed by atoms with E-state index in [9.17, 15) is 9.90 Å². The minimum absolute atomic E-state index is 0.0685. The average Bonchev–Trinajstić information content (AvgIpc) is 2.27. The summed E-state index contributed by atoms with van der Waals surface area (Å²) in [5.41, 5.74) is -0.856. The normalized spacial score (nSPS) is 18.1. The molecule has 17 heavy (non-hydrogen) atoms. The Morgan fingerprint density at radius 1 is 1.47 bits per heavy atom. The van der Waals surface area contributed by atoms with Crippen LogP contribution < -0.4 is 10.6 Å². The minimum Gasteiger partial charge on any atom is -0.389 e. The molecule has 1 amide bonds. The topological polar surface area (TPSA) is 70.6 Å². The Morgan fingerprint density at radius 3 is 2.71 bits per heavy atom. The molecule has 1 aliphatic heterocycles. The summed E-state index contributed by atoms with van der Waals surface area (Å²) in [6.07, 6.45) is 2.69. The molecule has 1 fully saturated rings. The third-order valence-electron chi connectivity index (χ3n) is 2.69. The van der Waals surface area contributed by atoms with Crippen LogP contribution in [-0.4, -0.2) is 49.0 Å². The number of carbonyl (C=O) groups excluding carboxylic acids is 1. The van der Waals surface area contributed by atoms with Gasteiger partial charge in [-0.15, -0.1) is 0 Å². The Balaban J connectivity index is 2.03. The summed E-state index contributed by atoms with van der Waals surface area (Å²) >= 11 is 0. The Morgan fingerprint density at radius 2 is 2.12 bits per heavy atom. The zero-order chi connectivity index (χ0) is 12.7. The molecule has 0 spiro atoms. The lowest BCUT2D eigenvalue weighted by Gasteiger charge is -2.23. The fourth-order valence-corrected chi connectivity index (χ4v) is 1.68. The molecule has 0 aliphatic carbocycles. The third-order valence-corrected chi connectivity index (χ3v) is 2.69. The summed E-state index contributed by atoms with van der Waals surface area (Å²) in [6.45, 7) is 6.06. The first-order valence-corrected chi connectivity index (χ1v) is 6.29. The minimum atomic E-state index is -0.856. The number of hydrogen-bond acceptors (Lipinski definition) is 4. The van der Waals surface area contributed by atoms with Crippen molar-refractivity contribution in [1.82, 2.24) is 10.6 Å². The smallest absolute Gasteiger partial charge is 0.222 e. The first-order chi connectivity index (χ1) is 7.97. The number of hydrogen-bond donors (Lipinski definition) is 3. The molecule has 0 aromatic carbocycles. The van der Waals surface area contributed by atoms with Crippen LogP contribution >= 0.6 is 0 Å². The van der Waals surface area contributed by atoms with E-state index in [1.165, 1.54) is 0 Å². The molecule has 1 aliphatic rings. The van der Waals surface area contributed by atoms with Crippen LogP contribution in [0.2, 0.25) is 0 Å². The number of nitrogens with one attached hydrogen (secondary N) is 2. The fourth-order valence-electron chi connectivity index (χ4n) is 1.68. The molecule has 0 saturated carbocycles. The van der Waals surface area contributed by atoms with Gasteiger partial charge in [-0.05, 0) is 39.8 Å². The first kappa shape index (κ1) is 14.4. The highest BCUT2D eigenvalue weighted by atomic mass is 16.5. The van der Waals surface area contributed by atoms with Gasteiger partial charge in [-0.25, -0.2) is 0 Å². The second kappa shape index (κ2) is 6.93. The molecular weight excluding hydrogens is 220 g/mol. The van der Waals surface area contributed by atoms with Gasteiger partial charge in [0.05, 0.1) is 18.3 Å². The van der Waals surface area contributed by atoms with Gasteiger partial charge < -0.3 is 20.5 Å². The van der Waals surface area contributed by atoms with Crippen molar-refractivity contribution in [3.8, 4) is 0 Å². The molecule has 5 heteroatoms. The average molecular weight is 244 g/mol. The molecule has 0 radical (unpaired) electrons. The van der Waals surface area contributed by atoms with Crippen molar-refractivity contribution in [1.29, 1.82) is 0 Å². The van der Waals surface area contributed by atoms with Crippen LogP contribution in [0.4, 0.5) is 0 Å². The van der Waals surface area contributed by atoms with Crippen LogP contribution in [-0.2, 0) is 9.53 Å². The summed E-state index contributed by atoms with van der Waals surface area (Å²) in [6, 6.07) is 0. The second-order valence-corrected chi connectivity index (χ2v) is 5.16. The molecule has 5 nitrogen and oxygen atoms in total. The number of amides is 1. The van der Waals surface area contributed by atoms with Crippen molar-refractivity contribution >= 4 is 5.91 Å².